The molecule has 2 saturated heterocycles. The molecule has 4 rings (SSSR count). The molecule has 31 heavy (non-hydrogen) atoms. The molecule has 0 atom stereocenters. The van der Waals surface area contributed by atoms with E-state index in [4.69, 9.17) is 4.74 Å². The number of anilines is 2. The Kier molecular flexibility index (Phi) is 6.12. The van der Waals surface area contributed by atoms with E-state index in [1.807, 2.05) is 11.0 Å². The van der Waals surface area contributed by atoms with E-state index in [9.17, 15) is 18.0 Å². The van der Waals surface area contributed by atoms with Crippen molar-refractivity contribution in [3.05, 3.63) is 41.3 Å². The van der Waals surface area contributed by atoms with E-state index in [0.717, 1.165) is 31.7 Å². The van der Waals surface area contributed by atoms with Gasteiger partial charge < -0.3 is 24.2 Å². The lowest BCUT2D eigenvalue weighted by atomic mass is 10.1. The van der Waals surface area contributed by atoms with Gasteiger partial charge in [-0.15, -0.1) is 5.10 Å². The SMILES string of the molecule is COc1c(F)c(F)cc(C(=O)N2CCN(c3cnnc(N4CCOCC4)c3)CC2)c1F. The van der Waals surface area contributed by atoms with Gasteiger partial charge in [-0.2, -0.15) is 9.49 Å². The standard InChI is InChI=1S/C20H22F3N5O3/c1-30-19-17(22)14(11-15(21)18(19)23)20(29)28-4-2-26(3-5-28)13-10-16(25-24-12-13)27-6-8-31-9-7-27/h10-12H,2-9H2,1H3. The van der Waals surface area contributed by atoms with E-state index in [2.05, 4.69) is 19.8 Å². The lowest BCUT2D eigenvalue weighted by Gasteiger charge is -2.36. The molecule has 11 heteroatoms. The summed E-state index contributed by atoms with van der Waals surface area (Å²) in [6, 6.07) is 2.51. The van der Waals surface area contributed by atoms with Crippen LogP contribution in [0, 0.1) is 17.5 Å². The Balaban J connectivity index is 1.45. The van der Waals surface area contributed by atoms with Crippen molar-refractivity contribution in [1.82, 2.24) is 15.1 Å². The average molecular weight is 437 g/mol. The van der Waals surface area contributed by atoms with Crippen molar-refractivity contribution in [2.75, 3.05) is 69.4 Å². The second-order valence-electron chi connectivity index (χ2n) is 7.22. The average Bonchev–Trinajstić information content (AvgIpc) is 2.82. The highest BCUT2D eigenvalue weighted by atomic mass is 19.2. The van der Waals surface area contributed by atoms with Gasteiger partial charge in [0.1, 0.15) is 0 Å². The Bertz CT molecular complexity index is 963. The van der Waals surface area contributed by atoms with Gasteiger partial charge in [-0.05, 0) is 6.07 Å². The lowest BCUT2D eigenvalue weighted by Crippen LogP contribution is -2.49. The number of hydrogen-bond acceptors (Lipinski definition) is 7. The van der Waals surface area contributed by atoms with Crippen LogP contribution in [-0.2, 0) is 4.74 Å². The molecular weight excluding hydrogens is 415 g/mol. The minimum Gasteiger partial charge on any atom is -0.491 e. The smallest absolute Gasteiger partial charge is 0.257 e. The van der Waals surface area contributed by atoms with E-state index < -0.39 is 34.7 Å². The highest BCUT2D eigenvalue weighted by Gasteiger charge is 2.29. The highest BCUT2D eigenvalue weighted by molar-refractivity contribution is 5.95. The van der Waals surface area contributed by atoms with Crippen molar-refractivity contribution in [3.8, 4) is 5.75 Å². The molecule has 0 spiro atoms. The summed E-state index contributed by atoms with van der Waals surface area (Å²) in [5, 5.41) is 8.28. The molecule has 8 nitrogen and oxygen atoms in total. The fourth-order valence-electron chi connectivity index (χ4n) is 3.72. The van der Waals surface area contributed by atoms with Gasteiger partial charge in [0.2, 0.25) is 5.82 Å². The van der Waals surface area contributed by atoms with Crippen LogP contribution in [0.25, 0.3) is 0 Å². The first-order valence-electron chi connectivity index (χ1n) is 9.90. The van der Waals surface area contributed by atoms with E-state index in [1.165, 1.54) is 4.90 Å². The third-order valence-electron chi connectivity index (χ3n) is 5.44. The second kappa shape index (κ2) is 8.96. The maximum absolute atomic E-state index is 14.5. The zero-order chi connectivity index (χ0) is 22.0. The first kappa shape index (κ1) is 21.2. The minimum absolute atomic E-state index is 0.287. The van der Waals surface area contributed by atoms with Crippen molar-refractivity contribution in [3.63, 3.8) is 0 Å². The molecule has 166 valence electrons. The molecule has 0 N–H and O–H groups in total. The van der Waals surface area contributed by atoms with E-state index >= 15 is 0 Å². The summed E-state index contributed by atoms with van der Waals surface area (Å²) in [6.07, 6.45) is 1.65. The van der Waals surface area contributed by atoms with Gasteiger partial charge in [0, 0.05) is 45.3 Å². The largest absolute Gasteiger partial charge is 0.491 e. The van der Waals surface area contributed by atoms with Crippen LogP contribution in [0.3, 0.4) is 0 Å². The number of piperazine rings is 1. The summed E-state index contributed by atoms with van der Waals surface area (Å²) in [5.74, 6) is -4.85. The Morgan fingerprint density at radius 3 is 2.39 bits per heavy atom. The van der Waals surface area contributed by atoms with Crippen LogP contribution in [0.15, 0.2) is 18.3 Å². The number of benzene rings is 1. The van der Waals surface area contributed by atoms with Gasteiger partial charge in [0.25, 0.3) is 5.91 Å². The highest BCUT2D eigenvalue weighted by Crippen LogP contribution is 2.28. The van der Waals surface area contributed by atoms with Gasteiger partial charge in [0.15, 0.2) is 23.2 Å². The number of aromatic nitrogens is 2. The Morgan fingerprint density at radius 1 is 1.00 bits per heavy atom. The third-order valence-corrected chi connectivity index (χ3v) is 5.44. The molecule has 2 aliphatic rings. The summed E-state index contributed by atoms with van der Waals surface area (Å²) in [7, 11) is 1.02. The minimum atomic E-state index is -1.46. The van der Waals surface area contributed by atoms with Crippen LogP contribution < -0.4 is 14.5 Å². The molecule has 0 aliphatic carbocycles. The maximum Gasteiger partial charge on any atom is 0.257 e. The number of carbonyl (C=O) groups is 1. The van der Waals surface area contributed by atoms with Crippen molar-refractivity contribution in [1.29, 1.82) is 0 Å². The number of ether oxygens (including phenoxy) is 2. The lowest BCUT2D eigenvalue weighted by molar-refractivity contribution is 0.0740. The Hall–Kier alpha value is -3.08. The zero-order valence-electron chi connectivity index (χ0n) is 17.0. The van der Waals surface area contributed by atoms with Gasteiger partial charge in [-0.25, -0.2) is 8.78 Å². The number of halogens is 3. The number of rotatable bonds is 4. The number of nitrogens with zero attached hydrogens (tertiary/aromatic N) is 5. The molecule has 1 aromatic carbocycles. The van der Waals surface area contributed by atoms with Gasteiger partial charge in [-0.1, -0.05) is 0 Å². The molecule has 0 radical (unpaired) electrons. The topological polar surface area (TPSA) is 71.0 Å². The van der Waals surface area contributed by atoms with Crippen LogP contribution in [0.2, 0.25) is 0 Å². The fourth-order valence-corrected chi connectivity index (χ4v) is 3.72. The maximum atomic E-state index is 14.5. The molecule has 0 saturated carbocycles. The van der Waals surface area contributed by atoms with Crippen molar-refractivity contribution in [2.45, 2.75) is 0 Å². The molecule has 0 bridgehead atoms. The third kappa shape index (κ3) is 4.22. The monoisotopic (exact) mass is 437 g/mol. The van der Waals surface area contributed by atoms with Crippen molar-refractivity contribution >= 4 is 17.4 Å². The molecule has 2 aliphatic heterocycles. The molecule has 1 aromatic heterocycles. The van der Waals surface area contributed by atoms with Gasteiger partial charge in [0.05, 0.1) is 37.8 Å². The second-order valence-corrected chi connectivity index (χ2v) is 7.22. The fraction of sp³-hybridized carbons (Fsp3) is 0.450. The summed E-state index contributed by atoms with van der Waals surface area (Å²) >= 11 is 0. The number of carbonyl (C=O) groups excluding carboxylic acids is 1. The summed E-state index contributed by atoms with van der Waals surface area (Å²) in [4.78, 5) is 18.3. The number of morpholine rings is 1. The Morgan fingerprint density at radius 2 is 1.71 bits per heavy atom. The number of hydrogen-bond donors (Lipinski definition) is 0. The molecule has 1 amide bonds. The zero-order valence-corrected chi connectivity index (χ0v) is 17.0. The Labute approximate surface area is 177 Å². The molecule has 2 fully saturated rings. The normalized spacial score (nSPS) is 17.1. The van der Waals surface area contributed by atoms with E-state index in [0.29, 0.717) is 32.4 Å². The summed E-state index contributed by atoms with van der Waals surface area (Å²) < 4.78 is 51.8. The van der Waals surface area contributed by atoms with E-state index in [1.54, 1.807) is 6.20 Å². The first-order chi connectivity index (χ1) is 15.0. The molecule has 2 aromatic rings. The van der Waals surface area contributed by atoms with Crippen LogP contribution in [0.1, 0.15) is 10.4 Å². The first-order valence-corrected chi connectivity index (χ1v) is 9.90. The predicted octanol–water partition coefficient (Wildman–Crippen LogP) is 1.70. The predicted molar refractivity (Wildman–Crippen MR) is 106 cm³/mol. The van der Waals surface area contributed by atoms with Gasteiger partial charge in [-0.3, -0.25) is 4.79 Å². The molecular formula is C20H22F3N5O3. The van der Waals surface area contributed by atoms with Crippen molar-refractivity contribution < 1.29 is 27.4 Å². The van der Waals surface area contributed by atoms with Crippen LogP contribution in [-0.4, -0.2) is 80.6 Å². The number of amides is 1. The van der Waals surface area contributed by atoms with Crippen LogP contribution in [0.5, 0.6) is 5.75 Å². The van der Waals surface area contributed by atoms with Crippen molar-refractivity contribution in [2.24, 2.45) is 0 Å². The molecule has 0 unspecified atom stereocenters. The quantitative estimate of drug-likeness (QED) is 0.675. The summed E-state index contributed by atoms with van der Waals surface area (Å²) in [6.45, 7) is 4.28. The van der Waals surface area contributed by atoms with E-state index in [-0.39, 0.29) is 13.1 Å². The van der Waals surface area contributed by atoms with Gasteiger partial charge >= 0.3 is 0 Å². The van der Waals surface area contributed by atoms with Crippen LogP contribution >= 0.6 is 0 Å². The summed E-state index contributed by atoms with van der Waals surface area (Å²) in [5.41, 5.74) is 0.314. The van der Waals surface area contributed by atoms with Crippen LogP contribution in [0.4, 0.5) is 24.7 Å². The number of methoxy groups -OCH3 is 1. The molecule has 3 heterocycles.